The van der Waals surface area contributed by atoms with E-state index in [-0.39, 0.29) is 11.2 Å². The lowest BCUT2D eigenvalue weighted by Crippen LogP contribution is -2.08. The molecule has 0 unspecified atom stereocenters. The topological polar surface area (TPSA) is 17.1 Å². The normalized spacial score (nSPS) is 21.6. The molecule has 1 rings (SSSR count). The second-order valence-electron chi connectivity index (χ2n) is 1.57. The molecule has 1 aliphatic heterocycles. The van der Waals surface area contributed by atoms with E-state index in [2.05, 4.69) is 0 Å². The van der Waals surface area contributed by atoms with Gasteiger partial charge < -0.3 is 0 Å². The van der Waals surface area contributed by atoms with Gasteiger partial charge in [0.1, 0.15) is 0 Å². The van der Waals surface area contributed by atoms with E-state index >= 15 is 0 Å². The second kappa shape index (κ2) is 2.99. The number of carbonyl (C=O) groups is 1. The molecule has 8 heavy (non-hydrogen) atoms. The van der Waals surface area contributed by atoms with Crippen molar-refractivity contribution >= 4 is 38.4 Å². The Morgan fingerprint density at radius 2 is 2.00 bits per heavy atom. The minimum atomic E-state index is -0.178. The summed E-state index contributed by atoms with van der Waals surface area (Å²) in [6.45, 7) is 0. The summed E-state index contributed by atoms with van der Waals surface area (Å²) in [6.07, 6.45) is 0. The van der Waals surface area contributed by atoms with E-state index < -0.39 is 0 Å². The number of rotatable bonds is 1. The minimum Gasteiger partial charge on any atom is -0.281 e. The van der Waals surface area contributed by atoms with Crippen LogP contribution in [0.2, 0.25) is 0 Å². The SMILES string of the molecule is O=C(Cl)C1CSSC1. The van der Waals surface area contributed by atoms with Gasteiger partial charge in [0.25, 0.3) is 0 Å². The highest BCUT2D eigenvalue weighted by atomic mass is 35.5. The largest absolute Gasteiger partial charge is 0.281 e. The molecule has 0 bridgehead atoms. The molecule has 1 aliphatic rings. The maximum atomic E-state index is 10.4. The van der Waals surface area contributed by atoms with Crippen molar-refractivity contribution in [2.24, 2.45) is 5.92 Å². The number of hydrogen-bond acceptors (Lipinski definition) is 3. The lowest BCUT2D eigenvalue weighted by Gasteiger charge is -1.94. The molecule has 0 aromatic carbocycles. The summed E-state index contributed by atoms with van der Waals surface area (Å²) in [6, 6.07) is 0. The average Bonchev–Trinajstić information content (AvgIpc) is 2.12. The van der Waals surface area contributed by atoms with Crippen LogP contribution in [0.3, 0.4) is 0 Å². The summed E-state index contributed by atoms with van der Waals surface area (Å²) in [5, 5.41) is -0.178. The standard InChI is InChI=1S/C4H5ClOS2/c5-4(6)3-1-7-8-2-3/h3H,1-2H2. The Labute approximate surface area is 60.9 Å². The molecule has 0 N–H and O–H groups in total. The summed E-state index contributed by atoms with van der Waals surface area (Å²) < 4.78 is 0. The van der Waals surface area contributed by atoms with Gasteiger partial charge in [0.05, 0.1) is 5.92 Å². The van der Waals surface area contributed by atoms with Crippen LogP contribution in [-0.4, -0.2) is 16.7 Å². The molecule has 0 aliphatic carbocycles. The number of hydrogen-bond donors (Lipinski definition) is 0. The Morgan fingerprint density at radius 1 is 1.50 bits per heavy atom. The van der Waals surface area contributed by atoms with Crippen molar-refractivity contribution in [3.8, 4) is 0 Å². The second-order valence-corrected chi connectivity index (χ2v) is 4.49. The van der Waals surface area contributed by atoms with Gasteiger partial charge in [-0.05, 0) is 11.6 Å². The fourth-order valence-corrected chi connectivity index (χ4v) is 3.55. The van der Waals surface area contributed by atoms with E-state index in [0.717, 1.165) is 11.5 Å². The summed E-state index contributed by atoms with van der Waals surface area (Å²) in [7, 11) is 3.44. The van der Waals surface area contributed by atoms with E-state index in [4.69, 9.17) is 11.6 Å². The van der Waals surface area contributed by atoms with Crippen LogP contribution < -0.4 is 0 Å². The zero-order chi connectivity index (χ0) is 5.98. The van der Waals surface area contributed by atoms with Crippen molar-refractivity contribution < 1.29 is 4.79 Å². The summed E-state index contributed by atoms with van der Waals surface area (Å²) in [4.78, 5) is 10.4. The first-order valence-corrected chi connectivity index (χ1v) is 5.11. The third kappa shape index (κ3) is 1.57. The average molecular weight is 169 g/mol. The van der Waals surface area contributed by atoms with E-state index in [1.165, 1.54) is 0 Å². The first-order valence-electron chi connectivity index (χ1n) is 2.24. The van der Waals surface area contributed by atoms with Crippen molar-refractivity contribution in [3.05, 3.63) is 0 Å². The fourth-order valence-electron chi connectivity index (χ4n) is 0.440. The van der Waals surface area contributed by atoms with Gasteiger partial charge >= 0.3 is 0 Å². The molecule has 0 saturated carbocycles. The maximum Gasteiger partial charge on any atom is 0.226 e. The van der Waals surface area contributed by atoms with E-state index in [1.807, 2.05) is 0 Å². The maximum absolute atomic E-state index is 10.4. The molecule has 1 fully saturated rings. The van der Waals surface area contributed by atoms with Gasteiger partial charge in [-0.15, -0.1) is 0 Å². The Kier molecular flexibility index (Phi) is 2.53. The third-order valence-electron chi connectivity index (χ3n) is 0.943. The molecule has 1 nitrogen and oxygen atoms in total. The van der Waals surface area contributed by atoms with Gasteiger partial charge in [-0.25, -0.2) is 0 Å². The van der Waals surface area contributed by atoms with Gasteiger partial charge in [-0.2, -0.15) is 0 Å². The van der Waals surface area contributed by atoms with Crippen LogP contribution >= 0.6 is 33.2 Å². The summed E-state index contributed by atoms with van der Waals surface area (Å²) >= 11 is 5.22. The molecular formula is C4H5ClOS2. The summed E-state index contributed by atoms with van der Waals surface area (Å²) in [5.74, 6) is 1.91. The van der Waals surface area contributed by atoms with Crippen molar-refractivity contribution in [1.29, 1.82) is 0 Å². The van der Waals surface area contributed by atoms with Crippen molar-refractivity contribution in [1.82, 2.24) is 0 Å². The minimum absolute atomic E-state index is 0.117. The highest BCUT2D eigenvalue weighted by Crippen LogP contribution is 2.35. The van der Waals surface area contributed by atoms with Crippen LogP contribution in [0.5, 0.6) is 0 Å². The van der Waals surface area contributed by atoms with Crippen molar-refractivity contribution in [2.75, 3.05) is 11.5 Å². The fraction of sp³-hybridized carbons (Fsp3) is 0.750. The summed E-state index contributed by atoms with van der Waals surface area (Å²) in [5.41, 5.74) is 0. The van der Waals surface area contributed by atoms with Crippen LogP contribution in [0.4, 0.5) is 0 Å². The highest BCUT2D eigenvalue weighted by Gasteiger charge is 2.21. The molecule has 0 aromatic rings. The third-order valence-corrected chi connectivity index (χ3v) is 3.81. The molecule has 0 spiro atoms. The highest BCUT2D eigenvalue weighted by molar-refractivity contribution is 8.77. The van der Waals surface area contributed by atoms with Gasteiger partial charge in [-0.3, -0.25) is 4.79 Å². The van der Waals surface area contributed by atoms with Crippen LogP contribution in [0.1, 0.15) is 0 Å². The monoisotopic (exact) mass is 168 g/mol. The predicted octanol–water partition coefficient (Wildman–Crippen LogP) is 1.76. The number of carbonyl (C=O) groups excluding carboxylic acids is 1. The van der Waals surface area contributed by atoms with Crippen LogP contribution in [0.15, 0.2) is 0 Å². The first-order chi connectivity index (χ1) is 3.80. The Hall–Kier alpha value is 0.660. The van der Waals surface area contributed by atoms with Gasteiger partial charge in [-0.1, -0.05) is 21.6 Å². The van der Waals surface area contributed by atoms with E-state index in [9.17, 15) is 4.79 Å². The Bertz CT molecular complexity index is 100. The molecule has 46 valence electrons. The van der Waals surface area contributed by atoms with Crippen LogP contribution in [0.25, 0.3) is 0 Å². The molecule has 0 amide bonds. The van der Waals surface area contributed by atoms with Gasteiger partial charge in [0.15, 0.2) is 0 Å². The predicted molar refractivity (Wildman–Crippen MR) is 39.3 cm³/mol. The Balaban J connectivity index is 2.35. The molecule has 1 heterocycles. The Morgan fingerprint density at radius 3 is 2.25 bits per heavy atom. The van der Waals surface area contributed by atoms with Crippen LogP contribution in [0, 0.1) is 5.92 Å². The molecule has 4 heteroatoms. The smallest absolute Gasteiger partial charge is 0.226 e. The zero-order valence-corrected chi connectivity index (χ0v) is 6.48. The molecule has 1 saturated heterocycles. The first kappa shape index (κ1) is 6.78. The van der Waals surface area contributed by atoms with Gasteiger partial charge in [0, 0.05) is 11.5 Å². The van der Waals surface area contributed by atoms with Crippen molar-refractivity contribution in [3.63, 3.8) is 0 Å². The molecule has 0 radical (unpaired) electrons. The lowest BCUT2D eigenvalue weighted by molar-refractivity contribution is -0.113. The lowest BCUT2D eigenvalue weighted by atomic mass is 10.2. The zero-order valence-electron chi connectivity index (χ0n) is 4.09. The molecular weight excluding hydrogens is 164 g/mol. The van der Waals surface area contributed by atoms with Crippen LogP contribution in [-0.2, 0) is 4.79 Å². The quantitative estimate of drug-likeness (QED) is 0.439. The molecule has 0 atom stereocenters. The van der Waals surface area contributed by atoms with Gasteiger partial charge in [0.2, 0.25) is 5.24 Å². The van der Waals surface area contributed by atoms with Crippen molar-refractivity contribution in [2.45, 2.75) is 0 Å². The van der Waals surface area contributed by atoms with E-state index in [1.54, 1.807) is 21.6 Å². The van der Waals surface area contributed by atoms with E-state index in [0.29, 0.717) is 0 Å². The number of halogens is 1. The molecule has 0 aromatic heterocycles.